The van der Waals surface area contributed by atoms with Crippen LogP contribution in [0.4, 0.5) is 0 Å². The second kappa shape index (κ2) is 7.13. The second-order valence-corrected chi connectivity index (χ2v) is 6.47. The van der Waals surface area contributed by atoms with E-state index in [-0.39, 0.29) is 11.6 Å². The summed E-state index contributed by atoms with van der Waals surface area (Å²) >= 11 is 12.4. The van der Waals surface area contributed by atoms with Crippen molar-refractivity contribution in [2.24, 2.45) is 0 Å². The van der Waals surface area contributed by atoms with E-state index in [0.29, 0.717) is 10.0 Å². The molecule has 1 aromatic carbocycles. The zero-order chi connectivity index (χ0) is 14.6. The molecule has 1 aliphatic rings. The van der Waals surface area contributed by atoms with E-state index in [1.54, 1.807) is 0 Å². The number of nitrogens with one attached hydrogen (secondary N) is 1. The van der Waals surface area contributed by atoms with Crippen LogP contribution in [-0.4, -0.2) is 24.8 Å². The molecule has 2 atom stereocenters. The number of hydrogen-bond acceptors (Lipinski definition) is 2. The second-order valence-electron chi connectivity index (χ2n) is 5.69. The van der Waals surface area contributed by atoms with Gasteiger partial charge in [-0.05, 0) is 50.8 Å². The molecule has 1 aliphatic heterocycles. The molecule has 0 radical (unpaired) electrons. The van der Waals surface area contributed by atoms with Gasteiger partial charge in [0.2, 0.25) is 0 Å². The van der Waals surface area contributed by atoms with Crippen molar-refractivity contribution in [2.45, 2.75) is 51.2 Å². The van der Waals surface area contributed by atoms with Gasteiger partial charge in [0.1, 0.15) is 0 Å². The van der Waals surface area contributed by atoms with Crippen molar-refractivity contribution >= 4 is 23.2 Å². The monoisotopic (exact) mass is 315 g/mol. The van der Waals surface area contributed by atoms with E-state index in [2.05, 4.69) is 19.2 Å². The van der Waals surface area contributed by atoms with Crippen LogP contribution in [0.25, 0.3) is 0 Å². The Bertz CT molecular complexity index is 444. The summed E-state index contributed by atoms with van der Waals surface area (Å²) in [5.41, 5.74) is 0.977. The van der Waals surface area contributed by atoms with Crippen molar-refractivity contribution in [3.8, 4) is 0 Å². The molecule has 0 amide bonds. The van der Waals surface area contributed by atoms with Crippen molar-refractivity contribution in [3.05, 3.63) is 33.8 Å². The Hall–Kier alpha value is -0.280. The highest BCUT2D eigenvalue weighted by Crippen LogP contribution is 2.33. The lowest BCUT2D eigenvalue weighted by Crippen LogP contribution is -2.50. The van der Waals surface area contributed by atoms with Crippen LogP contribution in [0.15, 0.2) is 18.2 Å². The maximum Gasteiger partial charge on any atom is 0.0810 e. The van der Waals surface area contributed by atoms with Gasteiger partial charge >= 0.3 is 0 Å². The SMILES string of the molecule is CCCNC(Cc1cccc(Cl)c1Cl)C1(C)CCCO1. The third kappa shape index (κ3) is 3.67. The summed E-state index contributed by atoms with van der Waals surface area (Å²) in [6.45, 7) is 6.21. The Kier molecular flexibility index (Phi) is 5.74. The Morgan fingerprint density at radius 3 is 2.85 bits per heavy atom. The minimum atomic E-state index is -0.110. The van der Waals surface area contributed by atoms with Gasteiger partial charge < -0.3 is 10.1 Å². The summed E-state index contributed by atoms with van der Waals surface area (Å²) in [7, 11) is 0. The first-order valence-electron chi connectivity index (χ1n) is 7.37. The van der Waals surface area contributed by atoms with Crippen LogP contribution in [-0.2, 0) is 11.2 Å². The standard InChI is InChI=1S/C16H23Cl2NO/c1-3-9-19-14(16(2)8-5-10-20-16)11-12-6-4-7-13(17)15(12)18/h4,6-7,14,19H,3,5,8-11H2,1-2H3. The molecule has 1 aromatic rings. The average molecular weight is 316 g/mol. The number of rotatable bonds is 6. The molecule has 112 valence electrons. The van der Waals surface area contributed by atoms with E-state index >= 15 is 0 Å². The molecule has 2 nitrogen and oxygen atoms in total. The van der Waals surface area contributed by atoms with Gasteiger partial charge in [-0.15, -0.1) is 0 Å². The van der Waals surface area contributed by atoms with Gasteiger partial charge in [0.05, 0.1) is 15.6 Å². The quantitative estimate of drug-likeness (QED) is 0.836. The van der Waals surface area contributed by atoms with Crippen LogP contribution < -0.4 is 5.32 Å². The fourth-order valence-electron chi connectivity index (χ4n) is 2.82. The number of halogens is 2. The van der Waals surface area contributed by atoms with Gasteiger partial charge in [-0.2, -0.15) is 0 Å². The lowest BCUT2D eigenvalue weighted by molar-refractivity contribution is -0.0114. The molecule has 1 N–H and O–H groups in total. The van der Waals surface area contributed by atoms with E-state index in [1.165, 1.54) is 0 Å². The molecule has 1 heterocycles. The molecule has 20 heavy (non-hydrogen) atoms. The van der Waals surface area contributed by atoms with Crippen LogP contribution in [0.3, 0.4) is 0 Å². The molecule has 0 bridgehead atoms. The van der Waals surface area contributed by atoms with Crippen molar-refractivity contribution in [1.82, 2.24) is 5.32 Å². The molecule has 2 unspecified atom stereocenters. The summed E-state index contributed by atoms with van der Waals surface area (Å²) < 4.78 is 6.00. The maximum atomic E-state index is 6.32. The number of benzene rings is 1. The van der Waals surface area contributed by atoms with E-state index in [4.69, 9.17) is 27.9 Å². The van der Waals surface area contributed by atoms with Crippen molar-refractivity contribution in [3.63, 3.8) is 0 Å². The lowest BCUT2D eigenvalue weighted by atomic mass is 9.88. The fourth-order valence-corrected chi connectivity index (χ4v) is 3.22. The Morgan fingerprint density at radius 2 is 2.20 bits per heavy atom. The first kappa shape index (κ1) is 16.1. The molecule has 1 fully saturated rings. The molecular weight excluding hydrogens is 293 g/mol. The van der Waals surface area contributed by atoms with Gasteiger partial charge in [0.15, 0.2) is 0 Å². The Labute approximate surface area is 131 Å². The van der Waals surface area contributed by atoms with Gasteiger partial charge in [0, 0.05) is 12.6 Å². The fraction of sp³-hybridized carbons (Fsp3) is 0.625. The van der Waals surface area contributed by atoms with Crippen LogP contribution in [0.1, 0.15) is 38.7 Å². The predicted octanol–water partition coefficient (Wildman–Crippen LogP) is 4.47. The van der Waals surface area contributed by atoms with Gasteiger partial charge in [0.25, 0.3) is 0 Å². The van der Waals surface area contributed by atoms with Gasteiger partial charge in [-0.1, -0.05) is 42.3 Å². The van der Waals surface area contributed by atoms with E-state index in [9.17, 15) is 0 Å². The normalized spacial score (nSPS) is 24.0. The molecule has 0 aromatic heterocycles. The topological polar surface area (TPSA) is 21.3 Å². The highest BCUT2D eigenvalue weighted by molar-refractivity contribution is 6.42. The first-order chi connectivity index (χ1) is 9.57. The van der Waals surface area contributed by atoms with Crippen LogP contribution in [0, 0.1) is 0 Å². The Morgan fingerprint density at radius 1 is 1.40 bits per heavy atom. The zero-order valence-corrected chi connectivity index (χ0v) is 13.7. The summed E-state index contributed by atoms with van der Waals surface area (Å²) in [6, 6.07) is 6.10. The number of hydrogen-bond donors (Lipinski definition) is 1. The number of ether oxygens (including phenoxy) is 1. The zero-order valence-electron chi connectivity index (χ0n) is 12.2. The van der Waals surface area contributed by atoms with E-state index < -0.39 is 0 Å². The van der Waals surface area contributed by atoms with Crippen molar-refractivity contribution in [2.75, 3.05) is 13.2 Å². The largest absolute Gasteiger partial charge is 0.374 e. The predicted molar refractivity (Wildman–Crippen MR) is 85.8 cm³/mol. The van der Waals surface area contributed by atoms with Crippen molar-refractivity contribution in [1.29, 1.82) is 0 Å². The molecule has 0 aliphatic carbocycles. The molecule has 4 heteroatoms. The molecule has 0 spiro atoms. The molecule has 2 rings (SSSR count). The first-order valence-corrected chi connectivity index (χ1v) is 8.12. The van der Waals surface area contributed by atoms with Crippen LogP contribution >= 0.6 is 23.2 Å². The smallest absolute Gasteiger partial charge is 0.0810 e. The maximum absolute atomic E-state index is 6.32. The van der Waals surface area contributed by atoms with E-state index in [0.717, 1.165) is 44.4 Å². The summed E-state index contributed by atoms with van der Waals surface area (Å²) in [5.74, 6) is 0. The summed E-state index contributed by atoms with van der Waals surface area (Å²) in [5, 5.41) is 4.91. The molecule has 0 saturated carbocycles. The summed E-state index contributed by atoms with van der Waals surface area (Å²) in [4.78, 5) is 0. The third-order valence-corrected chi connectivity index (χ3v) is 4.94. The van der Waals surface area contributed by atoms with Gasteiger partial charge in [-0.25, -0.2) is 0 Å². The molecule has 1 saturated heterocycles. The Balaban J connectivity index is 2.16. The van der Waals surface area contributed by atoms with Crippen molar-refractivity contribution < 1.29 is 4.74 Å². The minimum Gasteiger partial charge on any atom is -0.374 e. The lowest BCUT2D eigenvalue weighted by Gasteiger charge is -2.34. The van der Waals surface area contributed by atoms with E-state index in [1.807, 2.05) is 18.2 Å². The van der Waals surface area contributed by atoms with Crippen LogP contribution in [0.2, 0.25) is 10.0 Å². The minimum absolute atomic E-state index is 0.110. The molecular formula is C16H23Cl2NO. The highest BCUT2D eigenvalue weighted by atomic mass is 35.5. The highest BCUT2D eigenvalue weighted by Gasteiger charge is 2.38. The van der Waals surface area contributed by atoms with Gasteiger partial charge in [-0.3, -0.25) is 0 Å². The average Bonchev–Trinajstić information content (AvgIpc) is 2.87. The van der Waals surface area contributed by atoms with Crippen LogP contribution in [0.5, 0.6) is 0 Å². The third-order valence-electron chi connectivity index (χ3n) is 4.08. The summed E-state index contributed by atoms with van der Waals surface area (Å²) in [6.07, 6.45) is 4.17.